The van der Waals surface area contributed by atoms with Gasteiger partial charge in [-0.1, -0.05) is 6.07 Å². The molecule has 1 N–H and O–H groups in total. The predicted molar refractivity (Wildman–Crippen MR) is 68.7 cm³/mol. The quantitative estimate of drug-likeness (QED) is 0.833. The molecule has 0 radical (unpaired) electrons. The Balaban J connectivity index is 2.14. The Labute approximate surface area is 104 Å². The average molecular weight is 246 g/mol. The van der Waals surface area contributed by atoms with Gasteiger partial charge in [0, 0.05) is 31.9 Å². The van der Waals surface area contributed by atoms with Gasteiger partial charge >= 0.3 is 0 Å². The molecule has 2 rings (SSSR count). The van der Waals surface area contributed by atoms with Gasteiger partial charge < -0.3 is 9.88 Å². The van der Waals surface area contributed by atoms with Crippen molar-refractivity contribution < 1.29 is 0 Å². The minimum Gasteiger partial charge on any atom is -0.387 e. The van der Waals surface area contributed by atoms with Gasteiger partial charge in [0.05, 0.1) is 18.4 Å². The third-order valence-corrected chi connectivity index (χ3v) is 2.61. The molecule has 0 saturated carbocycles. The number of nitrogens with one attached hydrogen (secondary N) is 1. The van der Waals surface area contributed by atoms with Gasteiger partial charge in [-0.05, 0) is 6.07 Å². The van der Waals surface area contributed by atoms with Gasteiger partial charge in [-0.2, -0.15) is 5.10 Å². The molecular formula is C12H14N4O2. The highest BCUT2D eigenvalue weighted by atomic mass is 16.1. The fourth-order valence-electron chi connectivity index (χ4n) is 1.59. The minimum absolute atomic E-state index is 0.0857. The van der Waals surface area contributed by atoms with E-state index in [1.165, 1.54) is 16.8 Å². The lowest BCUT2D eigenvalue weighted by Gasteiger charge is -2.07. The van der Waals surface area contributed by atoms with Crippen molar-refractivity contribution in [2.75, 3.05) is 12.4 Å². The smallest absolute Gasteiger partial charge is 0.268 e. The average Bonchev–Trinajstić information content (AvgIpc) is 2.39. The molecule has 0 fully saturated rings. The topological polar surface area (TPSA) is 68.9 Å². The van der Waals surface area contributed by atoms with Gasteiger partial charge in [0.25, 0.3) is 11.1 Å². The summed E-state index contributed by atoms with van der Waals surface area (Å²) in [5.74, 6) is 0. The number of nitrogens with zero attached hydrogens (tertiary/aromatic N) is 3. The first-order valence-electron chi connectivity index (χ1n) is 5.61. The second kappa shape index (κ2) is 5.31. The van der Waals surface area contributed by atoms with Crippen molar-refractivity contribution in [1.29, 1.82) is 0 Å². The molecule has 0 unspecified atom stereocenters. The number of pyridine rings is 1. The fraction of sp³-hybridized carbons (Fsp3) is 0.250. The van der Waals surface area contributed by atoms with Crippen LogP contribution in [0.4, 0.5) is 5.69 Å². The zero-order valence-corrected chi connectivity index (χ0v) is 10.0. The van der Waals surface area contributed by atoms with Crippen LogP contribution in [0.5, 0.6) is 0 Å². The Bertz CT molecular complexity index is 645. The van der Waals surface area contributed by atoms with Crippen molar-refractivity contribution in [3.05, 3.63) is 57.4 Å². The van der Waals surface area contributed by atoms with Gasteiger partial charge in [-0.15, -0.1) is 0 Å². The van der Waals surface area contributed by atoms with E-state index in [1.54, 1.807) is 36.1 Å². The SMILES string of the molecule is CNc1cnn(CCn2ccccc2=O)c(=O)c1. The maximum absolute atomic E-state index is 11.7. The van der Waals surface area contributed by atoms with Crippen molar-refractivity contribution >= 4 is 5.69 Å². The van der Waals surface area contributed by atoms with E-state index in [-0.39, 0.29) is 11.1 Å². The Morgan fingerprint density at radius 1 is 1.22 bits per heavy atom. The molecule has 0 aliphatic rings. The molecule has 6 nitrogen and oxygen atoms in total. The highest BCUT2D eigenvalue weighted by Crippen LogP contribution is 1.96. The lowest BCUT2D eigenvalue weighted by atomic mass is 10.4. The van der Waals surface area contributed by atoms with Crippen LogP contribution in [-0.4, -0.2) is 21.4 Å². The Kier molecular flexibility index (Phi) is 3.57. The third kappa shape index (κ3) is 2.65. The van der Waals surface area contributed by atoms with Crippen LogP contribution in [-0.2, 0) is 13.1 Å². The minimum atomic E-state index is -0.189. The molecule has 0 bridgehead atoms. The summed E-state index contributed by atoms with van der Waals surface area (Å²) in [5.41, 5.74) is 0.399. The van der Waals surface area contributed by atoms with Crippen LogP contribution in [0, 0.1) is 0 Å². The molecular weight excluding hydrogens is 232 g/mol. The zero-order chi connectivity index (χ0) is 13.0. The summed E-state index contributed by atoms with van der Waals surface area (Å²) in [5, 5.41) is 6.87. The molecule has 18 heavy (non-hydrogen) atoms. The summed E-state index contributed by atoms with van der Waals surface area (Å²) in [6, 6.07) is 6.42. The molecule has 2 aromatic heterocycles. The van der Waals surface area contributed by atoms with E-state index >= 15 is 0 Å². The molecule has 0 aliphatic carbocycles. The second-order valence-electron chi connectivity index (χ2n) is 3.79. The van der Waals surface area contributed by atoms with Crippen LogP contribution in [0.25, 0.3) is 0 Å². The van der Waals surface area contributed by atoms with Gasteiger partial charge in [0.2, 0.25) is 0 Å². The van der Waals surface area contributed by atoms with Crippen molar-refractivity contribution in [3.8, 4) is 0 Å². The molecule has 0 saturated heterocycles. The van der Waals surface area contributed by atoms with Crippen LogP contribution >= 0.6 is 0 Å². The number of hydrogen-bond acceptors (Lipinski definition) is 4. The highest BCUT2D eigenvalue weighted by molar-refractivity contribution is 5.37. The van der Waals surface area contributed by atoms with Crippen molar-refractivity contribution in [2.45, 2.75) is 13.1 Å². The summed E-state index contributed by atoms with van der Waals surface area (Å²) in [6.07, 6.45) is 3.27. The van der Waals surface area contributed by atoms with E-state index < -0.39 is 0 Å². The largest absolute Gasteiger partial charge is 0.387 e. The van der Waals surface area contributed by atoms with Crippen LogP contribution in [0.3, 0.4) is 0 Å². The van der Waals surface area contributed by atoms with E-state index in [0.29, 0.717) is 18.8 Å². The first kappa shape index (κ1) is 12.1. The van der Waals surface area contributed by atoms with E-state index in [4.69, 9.17) is 0 Å². The van der Waals surface area contributed by atoms with E-state index in [2.05, 4.69) is 10.4 Å². The van der Waals surface area contributed by atoms with Gasteiger partial charge in [0.1, 0.15) is 0 Å². The molecule has 0 aromatic carbocycles. The molecule has 2 heterocycles. The van der Waals surface area contributed by atoms with E-state index in [0.717, 1.165) is 0 Å². The normalized spacial score (nSPS) is 10.3. The molecule has 0 aliphatic heterocycles. The summed E-state index contributed by atoms with van der Waals surface area (Å²) in [4.78, 5) is 23.1. The zero-order valence-electron chi connectivity index (χ0n) is 10.0. The summed E-state index contributed by atoms with van der Waals surface area (Å²) in [7, 11) is 1.73. The third-order valence-electron chi connectivity index (χ3n) is 2.61. The summed E-state index contributed by atoms with van der Waals surface area (Å²) in [6.45, 7) is 0.790. The number of hydrogen-bond donors (Lipinski definition) is 1. The molecule has 94 valence electrons. The first-order valence-corrected chi connectivity index (χ1v) is 5.61. The highest BCUT2D eigenvalue weighted by Gasteiger charge is 2.00. The summed E-state index contributed by atoms with van der Waals surface area (Å²) >= 11 is 0. The molecule has 0 amide bonds. The fourth-order valence-corrected chi connectivity index (χ4v) is 1.59. The lowest BCUT2D eigenvalue weighted by molar-refractivity contribution is 0.503. The standard InChI is InChI=1S/C12H14N4O2/c1-13-10-8-12(18)16(14-9-10)7-6-15-5-3-2-4-11(15)17/h2-5,8-9,13H,6-7H2,1H3. The molecule has 0 spiro atoms. The molecule has 0 atom stereocenters. The Morgan fingerprint density at radius 3 is 2.72 bits per heavy atom. The van der Waals surface area contributed by atoms with E-state index in [1.807, 2.05) is 0 Å². The Hall–Kier alpha value is -2.37. The van der Waals surface area contributed by atoms with Gasteiger partial charge in [0.15, 0.2) is 0 Å². The predicted octanol–water partition coefficient (Wildman–Crippen LogP) is 0.147. The lowest BCUT2D eigenvalue weighted by Crippen LogP contribution is -2.27. The van der Waals surface area contributed by atoms with Crippen molar-refractivity contribution in [3.63, 3.8) is 0 Å². The monoisotopic (exact) mass is 246 g/mol. The van der Waals surface area contributed by atoms with E-state index in [9.17, 15) is 9.59 Å². The van der Waals surface area contributed by atoms with Crippen LogP contribution in [0.2, 0.25) is 0 Å². The van der Waals surface area contributed by atoms with Gasteiger partial charge in [-0.3, -0.25) is 9.59 Å². The number of anilines is 1. The number of rotatable bonds is 4. The van der Waals surface area contributed by atoms with Crippen LogP contribution in [0.15, 0.2) is 46.2 Å². The molecule has 6 heteroatoms. The first-order chi connectivity index (χ1) is 8.70. The van der Waals surface area contributed by atoms with Crippen LogP contribution in [0.1, 0.15) is 0 Å². The summed E-state index contributed by atoms with van der Waals surface area (Å²) < 4.78 is 2.88. The Morgan fingerprint density at radius 2 is 2.06 bits per heavy atom. The number of aryl methyl sites for hydroxylation is 2. The van der Waals surface area contributed by atoms with Crippen molar-refractivity contribution in [1.82, 2.24) is 14.3 Å². The van der Waals surface area contributed by atoms with Crippen molar-refractivity contribution in [2.24, 2.45) is 0 Å². The second-order valence-corrected chi connectivity index (χ2v) is 3.79. The maximum Gasteiger partial charge on any atom is 0.268 e. The van der Waals surface area contributed by atoms with Gasteiger partial charge in [-0.25, -0.2) is 4.68 Å². The number of aromatic nitrogens is 3. The maximum atomic E-state index is 11.7. The van der Waals surface area contributed by atoms with Crippen LogP contribution < -0.4 is 16.4 Å². The molecule has 2 aromatic rings.